The first-order chi connectivity index (χ1) is 11.7. The second-order valence-corrected chi connectivity index (χ2v) is 6.56. The van der Waals surface area contributed by atoms with E-state index in [2.05, 4.69) is 15.5 Å². The van der Waals surface area contributed by atoms with Crippen molar-refractivity contribution in [2.45, 2.75) is 43.4 Å². The van der Waals surface area contributed by atoms with Crippen LogP contribution in [0.15, 0.2) is 18.3 Å². The minimum Gasteiger partial charge on any atom is -0.381 e. The molecule has 0 aromatic carbocycles. The summed E-state index contributed by atoms with van der Waals surface area (Å²) in [6.07, 6.45) is 5.45. The van der Waals surface area contributed by atoms with Crippen molar-refractivity contribution in [3.8, 4) is 0 Å². The van der Waals surface area contributed by atoms with E-state index in [9.17, 15) is 4.79 Å². The van der Waals surface area contributed by atoms with Gasteiger partial charge in [-0.1, -0.05) is 0 Å². The first kappa shape index (κ1) is 15.5. The molecule has 24 heavy (non-hydrogen) atoms. The predicted molar refractivity (Wildman–Crippen MR) is 84.6 cm³/mol. The molecule has 0 unspecified atom stereocenters. The number of nitrogens with zero attached hydrogens (tertiary/aromatic N) is 5. The summed E-state index contributed by atoms with van der Waals surface area (Å²) in [6, 6.07) is 3.53. The first-order valence-corrected chi connectivity index (χ1v) is 8.23. The van der Waals surface area contributed by atoms with Crippen molar-refractivity contribution in [2.24, 2.45) is 0 Å². The van der Waals surface area contributed by atoms with Gasteiger partial charge in [-0.05, 0) is 48.2 Å². The number of ether oxygens (including phenoxy) is 2. The number of pyridine rings is 1. The van der Waals surface area contributed by atoms with Gasteiger partial charge in [-0.3, -0.25) is 4.79 Å². The lowest BCUT2D eigenvalue weighted by atomic mass is 9.79. The van der Waals surface area contributed by atoms with Gasteiger partial charge in [0.25, 0.3) is 5.91 Å². The molecule has 2 aromatic heterocycles. The Balaban J connectivity index is 1.63. The maximum atomic E-state index is 13.1. The molecular formula is C16H21N5O3. The van der Waals surface area contributed by atoms with Crippen LogP contribution >= 0.6 is 0 Å². The zero-order chi connectivity index (χ0) is 16.7. The van der Waals surface area contributed by atoms with Crippen molar-refractivity contribution >= 4 is 11.6 Å². The molecular weight excluding hydrogens is 310 g/mol. The lowest BCUT2D eigenvalue weighted by molar-refractivity contribution is -0.0893. The van der Waals surface area contributed by atoms with Gasteiger partial charge in [-0.2, -0.15) is 0 Å². The van der Waals surface area contributed by atoms with Crippen molar-refractivity contribution < 1.29 is 14.3 Å². The zero-order valence-corrected chi connectivity index (χ0v) is 13.9. The summed E-state index contributed by atoms with van der Waals surface area (Å²) in [5, 5.41) is 11.3. The number of tetrazole rings is 1. The summed E-state index contributed by atoms with van der Waals surface area (Å²) in [5.41, 5.74) is 0.922. The fraction of sp³-hybridized carbons (Fsp3) is 0.625. The van der Waals surface area contributed by atoms with E-state index in [4.69, 9.17) is 9.47 Å². The highest BCUT2D eigenvalue weighted by Gasteiger charge is 2.52. The Morgan fingerprint density at radius 1 is 1.38 bits per heavy atom. The standard InChI is InChI=1S/C16H21N5O3/c1-23-12-3-5-16(24-2)6-8-20(13(16)10-12)15(22)11-4-7-21-14(9-11)17-18-19-21/h4,7,9,12-13H,3,5-6,8,10H2,1-2H3/t12-,13+,16-/m1/s1. The van der Waals surface area contributed by atoms with Crippen LogP contribution in [0.2, 0.25) is 0 Å². The summed E-state index contributed by atoms with van der Waals surface area (Å²) in [4.78, 5) is 15.0. The molecule has 8 heteroatoms. The number of amides is 1. The molecule has 1 amide bonds. The Labute approximate surface area is 139 Å². The number of carbonyl (C=O) groups excluding carboxylic acids is 1. The Hall–Kier alpha value is -2.06. The number of fused-ring (bicyclic) bond motifs is 2. The van der Waals surface area contributed by atoms with E-state index in [1.807, 2.05) is 4.90 Å². The summed E-state index contributed by atoms with van der Waals surface area (Å²) in [6.45, 7) is 0.698. The van der Waals surface area contributed by atoms with Crippen molar-refractivity contribution in [2.75, 3.05) is 20.8 Å². The molecule has 3 heterocycles. The third kappa shape index (κ3) is 2.29. The van der Waals surface area contributed by atoms with Crippen LogP contribution in [0.5, 0.6) is 0 Å². The molecule has 2 aromatic rings. The summed E-state index contributed by atoms with van der Waals surface area (Å²) >= 11 is 0. The van der Waals surface area contributed by atoms with Crippen LogP contribution in [0.4, 0.5) is 0 Å². The van der Waals surface area contributed by atoms with E-state index in [-0.39, 0.29) is 23.7 Å². The zero-order valence-electron chi connectivity index (χ0n) is 13.9. The topological polar surface area (TPSA) is 81.9 Å². The molecule has 0 spiro atoms. The third-order valence-electron chi connectivity index (χ3n) is 5.58. The van der Waals surface area contributed by atoms with E-state index in [0.717, 1.165) is 25.7 Å². The maximum absolute atomic E-state index is 13.1. The molecule has 1 saturated heterocycles. The van der Waals surface area contributed by atoms with Crippen molar-refractivity contribution in [1.29, 1.82) is 0 Å². The molecule has 2 aliphatic rings. The van der Waals surface area contributed by atoms with Crippen LogP contribution < -0.4 is 0 Å². The van der Waals surface area contributed by atoms with Crippen LogP contribution in [-0.4, -0.2) is 69.4 Å². The molecule has 1 aliphatic carbocycles. The minimum absolute atomic E-state index is 0.00109. The monoisotopic (exact) mass is 331 g/mol. The van der Waals surface area contributed by atoms with Gasteiger partial charge in [-0.15, -0.1) is 5.10 Å². The van der Waals surface area contributed by atoms with Gasteiger partial charge in [-0.25, -0.2) is 4.52 Å². The van der Waals surface area contributed by atoms with E-state index in [1.54, 1.807) is 37.1 Å². The molecule has 1 saturated carbocycles. The molecule has 1 aliphatic heterocycles. The molecule has 0 radical (unpaired) electrons. The van der Waals surface area contributed by atoms with Crippen LogP contribution in [0.3, 0.4) is 0 Å². The Morgan fingerprint density at radius 2 is 2.25 bits per heavy atom. The molecule has 3 atom stereocenters. The van der Waals surface area contributed by atoms with Crippen molar-refractivity contribution in [1.82, 2.24) is 24.9 Å². The number of aromatic nitrogens is 4. The fourth-order valence-corrected chi connectivity index (χ4v) is 4.16. The highest BCUT2D eigenvalue weighted by atomic mass is 16.5. The van der Waals surface area contributed by atoms with Gasteiger partial charge in [0, 0.05) is 32.5 Å². The third-order valence-corrected chi connectivity index (χ3v) is 5.58. The number of hydrogen-bond donors (Lipinski definition) is 0. The predicted octanol–water partition coefficient (Wildman–Crippen LogP) is 0.923. The fourth-order valence-electron chi connectivity index (χ4n) is 4.16. The number of rotatable bonds is 3. The number of likely N-dealkylation sites (tertiary alicyclic amines) is 1. The van der Waals surface area contributed by atoms with Crippen LogP contribution in [0, 0.1) is 0 Å². The smallest absolute Gasteiger partial charge is 0.254 e. The summed E-state index contributed by atoms with van der Waals surface area (Å²) < 4.78 is 13.0. The van der Waals surface area contributed by atoms with E-state index in [0.29, 0.717) is 17.8 Å². The summed E-state index contributed by atoms with van der Waals surface area (Å²) in [5.74, 6) is 0.00109. The quantitative estimate of drug-likeness (QED) is 0.832. The maximum Gasteiger partial charge on any atom is 0.254 e. The normalized spacial score (nSPS) is 29.8. The molecule has 0 N–H and O–H groups in total. The average Bonchev–Trinajstić information content (AvgIpc) is 3.24. The van der Waals surface area contributed by atoms with Gasteiger partial charge >= 0.3 is 0 Å². The largest absolute Gasteiger partial charge is 0.381 e. The van der Waals surface area contributed by atoms with E-state index >= 15 is 0 Å². The van der Waals surface area contributed by atoms with Crippen LogP contribution in [0.25, 0.3) is 5.65 Å². The molecule has 128 valence electrons. The SMILES string of the molecule is CO[C@@H]1CC[C@@]2(OC)CCN(C(=O)c3ccn4nnnc4c3)[C@H]2C1. The van der Waals surface area contributed by atoms with E-state index < -0.39 is 0 Å². The van der Waals surface area contributed by atoms with Gasteiger partial charge in [0.15, 0.2) is 5.65 Å². The lowest BCUT2D eigenvalue weighted by Gasteiger charge is -2.43. The highest BCUT2D eigenvalue weighted by Crippen LogP contribution is 2.43. The van der Waals surface area contributed by atoms with Gasteiger partial charge < -0.3 is 14.4 Å². The van der Waals surface area contributed by atoms with Crippen molar-refractivity contribution in [3.05, 3.63) is 23.9 Å². The van der Waals surface area contributed by atoms with Gasteiger partial charge in [0.1, 0.15) is 0 Å². The Kier molecular flexibility index (Phi) is 3.73. The molecule has 4 rings (SSSR count). The average molecular weight is 331 g/mol. The van der Waals surface area contributed by atoms with Gasteiger partial charge in [0.2, 0.25) is 0 Å². The molecule has 8 nitrogen and oxygen atoms in total. The van der Waals surface area contributed by atoms with Gasteiger partial charge in [0.05, 0.1) is 17.7 Å². The second-order valence-electron chi connectivity index (χ2n) is 6.56. The number of methoxy groups -OCH3 is 2. The van der Waals surface area contributed by atoms with Crippen LogP contribution in [0.1, 0.15) is 36.0 Å². The molecule has 2 fully saturated rings. The Bertz CT molecular complexity index is 763. The molecule has 0 bridgehead atoms. The summed E-state index contributed by atoms with van der Waals surface area (Å²) in [7, 11) is 3.49. The first-order valence-electron chi connectivity index (χ1n) is 8.23. The lowest BCUT2D eigenvalue weighted by Crippen LogP contribution is -2.53. The second kappa shape index (κ2) is 5.78. The highest BCUT2D eigenvalue weighted by molar-refractivity contribution is 5.95. The number of carbonyl (C=O) groups is 1. The van der Waals surface area contributed by atoms with Crippen molar-refractivity contribution in [3.63, 3.8) is 0 Å². The number of hydrogen-bond acceptors (Lipinski definition) is 6. The Morgan fingerprint density at radius 3 is 3.04 bits per heavy atom. The van der Waals surface area contributed by atoms with Crippen LogP contribution in [-0.2, 0) is 9.47 Å². The van der Waals surface area contributed by atoms with E-state index in [1.165, 1.54) is 0 Å². The minimum atomic E-state index is -0.245.